The number of nitrogens with two attached hydrogens (primary N) is 1. The summed E-state index contributed by atoms with van der Waals surface area (Å²) in [6, 6.07) is 0. The third kappa shape index (κ3) is 2.97. The lowest BCUT2D eigenvalue weighted by atomic mass is 9.87. The summed E-state index contributed by atoms with van der Waals surface area (Å²) < 4.78 is 5.46. The minimum absolute atomic E-state index is 0.0301. The zero-order valence-corrected chi connectivity index (χ0v) is 7.95. The number of hydrogen-bond acceptors (Lipinski definition) is 3. The molecule has 13 heavy (non-hydrogen) atoms. The first kappa shape index (κ1) is 10.5. The van der Waals surface area contributed by atoms with Crippen LogP contribution in [0.1, 0.15) is 32.6 Å². The van der Waals surface area contributed by atoms with Gasteiger partial charge in [0.15, 0.2) is 0 Å². The molecule has 1 saturated heterocycles. The molecule has 0 spiro atoms. The number of carboxylic acids is 1. The van der Waals surface area contributed by atoms with E-state index in [0.29, 0.717) is 6.61 Å². The maximum atomic E-state index is 10.5. The molecule has 4 heteroatoms. The summed E-state index contributed by atoms with van der Waals surface area (Å²) >= 11 is 0. The van der Waals surface area contributed by atoms with Crippen molar-refractivity contribution in [3.8, 4) is 0 Å². The van der Waals surface area contributed by atoms with E-state index < -0.39 is 11.5 Å². The van der Waals surface area contributed by atoms with Crippen molar-refractivity contribution >= 4 is 5.97 Å². The van der Waals surface area contributed by atoms with Crippen LogP contribution in [-0.4, -0.2) is 29.3 Å². The van der Waals surface area contributed by atoms with Crippen molar-refractivity contribution in [2.75, 3.05) is 6.61 Å². The summed E-state index contributed by atoms with van der Waals surface area (Å²) in [6.07, 6.45) is 2.88. The van der Waals surface area contributed by atoms with Crippen LogP contribution in [0.15, 0.2) is 0 Å². The van der Waals surface area contributed by atoms with Gasteiger partial charge in [0.25, 0.3) is 0 Å². The largest absolute Gasteiger partial charge is 0.481 e. The van der Waals surface area contributed by atoms with Gasteiger partial charge >= 0.3 is 5.97 Å². The van der Waals surface area contributed by atoms with Crippen LogP contribution >= 0.6 is 0 Å². The topological polar surface area (TPSA) is 72.6 Å². The van der Waals surface area contributed by atoms with E-state index in [-0.39, 0.29) is 12.5 Å². The summed E-state index contributed by atoms with van der Waals surface area (Å²) in [6.45, 7) is 2.45. The van der Waals surface area contributed by atoms with E-state index in [0.717, 1.165) is 19.3 Å². The van der Waals surface area contributed by atoms with Crippen LogP contribution in [0, 0.1) is 0 Å². The number of carboxylic acid groups (broad SMARTS) is 1. The molecule has 0 aromatic carbocycles. The second-order valence-corrected chi connectivity index (χ2v) is 3.93. The van der Waals surface area contributed by atoms with E-state index in [4.69, 9.17) is 15.6 Å². The highest BCUT2D eigenvalue weighted by Crippen LogP contribution is 2.23. The Labute approximate surface area is 78.1 Å². The standard InChI is InChI=1S/C9H17NO3/c1-9(10,6-8(11)12)7-4-2-3-5-13-7/h7H,2-6,10H2,1H3,(H,11,12). The Morgan fingerprint density at radius 1 is 1.69 bits per heavy atom. The normalized spacial score (nSPS) is 28.0. The van der Waals surface area contributed by atoms with Crippen molar-refractivity contribution in [2.24, 2.45) is 5.73 Å². The number of ether oxygens (including phenoxy) is 1. The lowest BCUT2D eigenvalue weighted by Gasteiger charge is -2.35. The average molecular weight is 187 g/mol. The van der Waals surface area contributed by atoms with Crippen LogP contribution in [0.3, 0.4) is 0 Å². The van der Waals surface area contributed by atoms with E-state index in [9.17, 15) is 4.79 Å². The first-order valence-electron chi connectivity index (χ1n) is 4.64. The van der Waals surface area contributed by atoms with Crippen LogP contribution in [0.4, 0.5) is 0 Å². The molecule has 0 aromatic heterocycles. The molecule has 1 aliphatic heterocycles. The highest BCUT2D eigenvalue weighted by molar-refractivity contribution is 5.68. The molecule has 1 fully saturated rings. The molecule has 2 atom stereocenters. The van der Waals surface area contributed by atoms with Crippen molar-refractivity contribution in [3.05, 3.63) is 0 Å². The number of carbonyl (C=O) groups is 1. The van der Waals surface area contributed by atoms with Crippen molar-refractivity contribution in [1.82, 2.24) is 0 Å². The highest BCUT2D eigenvalue weighted by Gasteiger charge is 2.34. The zero-order chi connectivity index (χ0) is 9.90. The average Bonchev–Trinajstić information content (AvgIpc) is 2.04. The van der Waals surface area contributed by atoms with E-state index in [1.807, 2.05) is 0 Å². The summed E-state index contributed by atoms with van der Waals surface area (Å²) in [5, 5.41) is 8.64. The minimum Gasteiger partial charge on any atom is -0.481 e. The lowest BCUT2D eigenvalue weighted by Crippen LogP contribution is -2.51. The fourth-order valence-electron chi connectivity index (χ4n) is 1.70. The number of hydrogen-bond donors (Lipinski definition) is 2. The van der Waals surface area contributed by atoms with E-state index in [1.54, 1.807) is 6.92 Å². The van der Waals surface area contributed by atoms with Crippen molar-refractivity contribution in [3.63, 3.8) is 0 Å². The summed E-state index contributed by atoms with van der Waals surface area (Å²) in [7, 11) is 0. The molecule has 2 unspecified atom stereocenters. The smallest absolute Gasteiger partial charge is 0.305 e. The van der Waals surface area contributed by atoms with Gasteiger partial charge < -0.3 is 15.6 Å². The Morgan fingerprint density at radius 3 is 2.85 bits per heavy atom. The molecule has 0 saturated carbocycles. The summed E-state index contributed by atoms with van der Waals surface area (Å²) in [5.74, 6) is -0.862. The molecule has 1 rings (SSSR count). The minimum atomic E-state index is -0.862. The first-order valence-corrected chi connectivity index (χ1v) is 4.64. The molecule has 76 valence electrons. The van der Waals surface area contributed by atoms with E-state index >= 15 is 0 Å². The highest BCUT2D eigenvalue weighted by atomic mass is 16.5. The Hall–Kier alpha value is -0.610. The molecule has 0 bridgehead atoms. The molecule has 0 amide bonds. The Kier molecular flexibility index (Phi) is 3.27. The zero-order valence-electron chi connectivity index (χ0n) is 7.95. The van der Waals surface area contributed by atoms with Gasteiger partial charge in [0, 0.05) is 12.1 Å². The quantitative estimate of drug-likeness (QED) is 0.683. The van der Waals surface area contributed by atoms with E-state index in [2.05, 4.69) is 0 Å². The maximum absolute atomic E-state index is 10.5. The van der Waals surface area contributed by atoms with Gasteiger partial charge in [-0.1, -0.05) is 0 Å². The third-order valence-corrected chi connectivity index (χ3v) is 2.45. The lowest BCUT2D eigenvalue weighted by molar-refractivity contribution is -0.140. The van der Waals surface area contributed by atoms with Crippen LogP contribution in [0.25, 0.3) is 0 Å². The van der Waals surface area contributed by atoms with Gasteiger partial charge in [0.05, 0.1) is 12.5 Å². The molecular formula is C9H17NO3. The predicted molar refractivity (Wildman–Crippen MR) is 48.4 cm³/mol. The molecule has 1 aliphatic rings. The Bertz CT molecular complexity index is 185. The Morgan fingerprint density at radius 2 is 2.38 bits per heavy atom. The molecule has 3 N–H and O–H groups in total. The van der Waals surface area contributed by atoms with Gasteiger partial charge in [-0.15, -0.1) is 0 Å². The summed E-state index contributed by atoms with van der Waals surface area (Å²) in [5.41, 5.74) is 5.16. The molecule has 0 aromatic rings. The molecule has 0 radical (unpaired) electrons. The van der Waals surface area contributed by atoms with Crippen LogP contribution in [0.5, 0.6) is 0 Å². The van der Waals surface area contributed by atoms with E-state index in [1.165, 1.54) is 0 Å². The summed E-state index contributed by atoms with van der Waals surface area (Å²) in [4.78, 5) is 10.5. The van der Waals surface area contributed by atoms with Gasteiger partial charge in [-0.25, -0.2) is 0 Å². The molecule has 4 nitrogen and oxygen atoms in total. The number of aliphatic carboxylic acids is 1. The molecular weight excluding hydrogens is 170 g/mol. The predicted octanol–water partition coefficient (Wildman–Crippen LogP) is 0.748. The van der Waals surface area contributed by atoms with Gasteiger partial charge in [0.2, 0.25) is 0 Å². The molecule has 0 aliphatic carbocycles. The number of rotatable bonds is 3. The Balaban J connectivity index is 2.50. The van der Waals surface area contributed by atoms with Crippen molar-refractivity contribution in [1.29, 1.82) is 0 Å². The van der Waals surface area contributed by atoms with Crippen LogP contribution in [0.2, 0.25) is 0 Å². The van der Waals surface area contributed by atoms with Gasteiger partial charge in [-0.2, -0.15) is 0 Å². The second kappa shape index (κ2) is 4.07. The van der Waals surface area contributed by atoms with Crippen molar-refractivity contribution < 1.29 is 14.6 Å². The SMILES string of the molecule is CC(N)(CC(=O)O)C1CCCCO1. The van der Waals surface area contributed by atoms with Crippen LogP contribution in [-0.2, 0) is 9.53 Å². The van der Waals surface area contributed by atoms with Gasteiger partial charge in [-0.3, -0.25) is 4.79 Å². The first-order chi connectivity index (χ1) is 6.02. The second-order valence-electron chi connectivity index (χ2n) is 3.93. The monoisotopic (exact) mass is 187 g/mol. The molecule has 1 heterocycles. The van der Waals surface area contributed by atoms with Crippen molar-refractivity contribution in [2.45, 2.75) is 44.2 Å². The fourth-order valence-corrected chi connectivity index (χ4v) is 1.70. The van der Waals surface area contributed by atoms with Gasteiger partial charge in [0.1, 0.15) is 0 Å². The van der Waals surface area contributed by atoms with Crippen LogP contribution < -0.4 is 5.73 Å². The van der Waals surface area contributed by atoms with Gasteiger partial charge in [-0.05, 0) is 26.2 Å². The maximum Gasteiger partial charge on any atom is 0.305 e. The third-order valence-electron chi connectivity index (χ3n) is 2.45. The fraction of sp³-hybridized carbons (Fsp3) is 0.889.